The Hall–Kier alpha value is -1.22. The lowest BCUT2D eigenvalue weighted by Gasteiger charge is -2.39. The molecular formula is C22H34O3. The Morgan fingerprint density at radius 3 is 2.36 bits per heavy atom. The molecule has 1 heterocycles. The molecule has 140 valence electrons. The van der Waals surface area contributed by atoms with Crippen LogP contribution < -0.4 is 0 Å². The van der Waals surface area contributed by atoms with Crippen molar-refractivity contribution in [2.24, 2.45) is 23.2 Å². The summed E-state index contributed by atoms with van der Waals surface area (Å²) < 4.78 is 5.54. The first-order valence-corrected chi connectivity index (χ1v) is 9.49. The highest BCUT2D eigenvalue weighted by atomic mass is 16.6. The van der Waals surface area contributed by atoms with Crippen LogP contribution in [0.3, 0.4) is 0 Å². The second-order valence-electron chi connectivity index (χ2n) is 9.14. The lowest BCUT2D eigenvalue weighted by molar-refractivity contribution is -0.137. The van der Waals surface area contributed by atoms with Gasteiger partial charge in [0.2, 0.25) is 0 Å². The summed E-state index contributed by atoms with van der Waals surface area (Å²) in [6.07, 6.45) is 4.93. The number of carbonyl (C=O) groups excluding carboxylic acids is 2. The largest absolute Gasteiger partial charge is 0.358 e. The van der Waals surface area contributed by atoms with E-state index in [9.17, 15) is 9.59 Å². The normalized spacial score (nSPS) is 36.2. The molecular weight excluding hydrogens is 312 g/mol. The highest BCUT2D eigenvalue weighted by Crippen LogP contribution is 2.55. The monoisotopic (exact) mass is 346 g/mol. The molecule has 0 aromatic rings. The predicted molar refractivity (Wildman–Crippen MR) is 101 cm³/mol. The fourth-order valence-electron chi connectivity index (χ4n) is 4.45. The molecule has 0 aromatic heterocycles. The van der Waals surface area contributed by atoms with Crippen LogP contribution in [0.15, 0.2) is 23.8 Å². The van der Waals surface area contributed by atoms with E-state index in [0.29, 0.717) is 30.0 Å². The van der Waals surface area contributed by atoms with Gasteiger partial charge in [0.15, 0.2) is 17.2 Å². The van der Waals surface area contributed by atoms with E-state index in [2.05, 4.69) is 34.3 Å². The van der Waals surface area contributed by atoms with Crippen molar-refractivity contribution < 1.29 is 14.3 Å². The topological polar surface area (TPSA) is 46.7 Å². The smallest absolute Gasteiger partial charge is 0.172 e. The minimum absolute atomic E-state index is 0.204. The highest BCUT2D eigenvalue weighted by molar-refractivity contribution is 5.96. The van der Waals surface area contributed by atoms with Crippen LogP contribution in [0.2, 0.25) is 0 Å². The number of hydrogen-bond donors (Lipinski definition) is 0. The SMILES string of the molecule is C=C(C)[C@@H]1CC=C(C)C(=O)C1.CC(C)[C@@H]1C[C@@H]2O[C@]2(C)C(=O)C1(C)C. The quantitative estimate of drug-likeness (QED) is 0.527. The standard InChI is InChI=1S/C12H20O2.C10H14O/c1-7(2)8-6-9-12(5,14-9)10(13)11(8,3)4;1-7(2)9-5-4-8(3)10(11)6-9/h7-9H,6H2,1-5H3;4,9H,1,5-6H2,2-3H3/t8-,9-,12-;9-/m01/s1. The Balaban J connectivity index is 0.000000186. The summed E-state index contributed by atoms with van der Waals surface area (Å²) in [5, 5.41) is 0. The molecule has 0 radical (unpaired) electrons. The first kappa shape index (κ1) is 20.1. The molecule has 1 saturated carbocycles. The number of rotatable bonds is 2. The first-order valence-electron chi connectivity index (χ1n) is 9.49. The van der Waals surface area contributed by atoms with Crippen LogP contribution in [0.1, 0.15) is 67.7 Å². The van der Waals surface area contributed by atoms with Gasteiger partial charge in [0.05, 0.1) is 6.10 Å². The van der Waals surface area contributed by atoms with Crippen LogP contribution in [0.25, 0.3) is 0 Å². The molecule has 2 aliphatic carbocycles. The summed E-state index contributed by atoms with van der Waals surface area (Å²) >= 11 is 0. The Bertz CT molecular complexity index is 611. The maximum Gasteiger partial charge on any atom is 0.172 e. The van der Waals surface area contributed by atoms with Crippen LogP contribution in [-0.4, -0.2) is 23.3 Å². The summed E-state index contributed by atoms with van der Waals surface area (Å²) in [5.74, 6) is 2.01. The summed E-state index contributed by atoms with van der Waals surface area (Å²) in [6.45, 7) is 18.2. The van der Waals surface area contributed by atoms with Gasteiger partial charge >= 0.3 is 0 Å². The minimum atomic E-state index is -0.436. The number of ether oxygens (including phenoxy) is 1. The van der Waals surface area contributed by atoms with Crippen LogP contribution in [-0.2, 0) is 14.3 Å². The van der Waals surface area contributed by atoms with Gasteiger partial charge in [0.1, 0.15) is 0 Å². The number of ketones is 2. The Kier molecular flexibility index (Phi) is 5.49. The van der Waals surface area contributed by atoms with Gasteiger partial charge in [0.25, 0.3) is 0 Å². The van der Waals surface area contributed by atoms with Crippen molar-refractivity contribution in [3.05, 3.63) is 23.8 Å². The summed E-state index contributed by atoms with van der Waals surface area (Å²) in [7, 11) is 0. The molecule has 25 heavy (non-hydrogen) atoms. The Morgan fingerprint density at radius 2 is 1.88 bits per heavy atom. The molecule has 1 saturated heterocycles. The van der Waals surface area contributed by atoms with Gasteiger partial charge in [-0.15, -0.1) is 0 Å². The van der Waals surface area contributed by atoms with E-state index >= 15 is 0 Å². The number of allylic oxidation sites excluding steroid dienone is 3. The minimum Gasteiger partial charge on any atom is -0.358 e. The molecule has 3 rings (SSSR count). The number of fused-ring (bicyclic) bond motifs is 1. The fourth-order valence-corrected chi connectivity index (χ4v) is 4.45. The fraction of sp³-hybridized carbons (Fsp3) is 0.727. The van der Waals surface area contributed by atoms with E-state index < -0.39 is 5.60 Å². The molecule has 3 nitrogen and oxygen atoms in total. The van der Waals surface area contributed by atoms with E-state index in [4.69, 9.17) is 4.74 Å². The van der Waals surface area contributed by atoms with Gasteiger partial charge in [-0.05, 0) is 56.9 Å². The van der Waals surface area contributed by atoms with Gasteiger partial charge in [-0.25, -0.2) is 0 Å². The average molecular weight is 347 g/mol. The third kappa shape index (κ3) is 3.81. The van der Waals surface area contributed by atoms with Crippen molar-refractivity contribution in [1.82, 2.24) is 0 Å². The number of carbonyl (C=O) groups is 2. The maximum atomic E-state index is 12.2. The lowest BCUT2D eigenvalue weighted by Crippen LogP contribution is -2.48. The van der Waals surface area contributed by atoms with Crippen LogP contribution in [0, 0.1) is 23.2 Å². The van der Waals surface area contributed by atoms with E-state index in [1.807, 2.05) is 26.8 Å². The second-order valence-corrected chi connectivity index (χ2v) is 9.14. The molecule has 0 amide bonds. The van der Waals surface area contributed by atoms with Crippen molar-refractivity contribution in [2.45, 2.75) is 79.4 Å². The Labute approximate surface area is 152 Å². The molecule has 0 spiro atoms. The third-order valence-electron chi connectivity index (χ3n) is 6.46. The number of epoxide rings is 1. The molecule has 1 aliphatic heterocycles. The van der Waals surface area contributed by atoms with Crippen molar-refractivity contribution in [1.29, 1.82) is 0 Å². The van der Waals surface area contributed by atoms with E-state index in [1.54, 1.807) is 0 Å². The Morgan fingerprint density at radius 1 is 1.28 bits per heavy atom. The summed E-state index contributed by atoms with van der Waals surface area (Å²) in [6, 6.07) is 0. The zero-order valence-electron chi connectivity index (χ0n) is 16.9. The molecule has 0 aromatic carbocycles. The van der Waals surface area contributed by atoms with Gasteiger partial charge in [-0.1, -0.05) is 45.9 Å². The van der Waals surface area contributed by atoms with E-state index in [-0.39, 0.29) is 17.3 Å². The van der Waals surface area contributed by atoms with Crippen molar-refractivity contribution >= 4 is 11.6 Å². The van der Waals surface area contributed by atoms with Crippen molar-refractivity contribution in [3.8, 4) is 0 Å². The molecule has 2 fully saturated rings. The van der Waals surface area contributed by atoms with Crippen LogP contribution >= 0.6 is 0 Å². The van der Waals surface area contributed by atoms with Gasteiger partial charge in [-0.2, -0.15) is 0 Å². The van der Waals surface area contributed by atoms with Crippen molar-refractivity contribution in [2.75, 3.05) is 0 Å². The molecule has 0 N–H and O–H groups in total. The summed E-state index contributed by atoms with van der Waals surface area (Å²) in [4.78, 5) is 23.4. The zero-order chi connectivity index (χ0) is 19.2. The van der Waals surface area contributed by atoms with Crippen LogP contribution in [0.5, 0.6) is 0 Å². The average Bonchev–Trinajstić information content (AvgIpc) is 3.18. The van der Waals surface area contributed by atoms with E-state index in [1.165, 1.54) is 0 Å². The van der Waals surface area contributed by atoms with Crippen molar-refractivity contribution in [3.63, 3.8) is 0 Å². The molecule has 4 atom stereocenters. The number of hydrogen-bond acceptors (Lipinski definition) is 3. The third-order valence-corrected chi connectivity index (χ3v) is 6.46. The van der Waals surface area contributed by atoms with Gasteiger partial charge < -0.3 is 4.74 Å². The number of Topliss-reactive ketones (excluding diaryl/α,β-unsaturated/α-hetero) is 2. The summed E-state index contributed by atoms with van der Waals surface area (Å²) in [5.41, 5.74) is 1.40. The molecule has 0 bridgehead atoms. The first-order chi connectivity index (χ1) is 11.4. The lowest BCUT2D eigenvalue weighted by atomic mass is 9.61. The predicted octanol–water partition coefficient (Wildman–Crippen LogP) is 4.90. The molecule has 0 unspecified atom stereocenters. The molecule has 3 aliphatic rings. The molecule has 3 heteroatoms. The van der Waals surface area contributed by atoms with Crippen LogP contribution in [0.4, 0.5) is 0 Å². The zero-order valence-corrected chi connectivity index (χ0v) is 16.9. The van der Waals surface area contributed by atoms with Gasteiger partial charge in [0, 0.05) is 11.8 Å². The van der Waals surface area contributed by atoms with Gasteiger partial charge in [-0.3, -0.25) is 9.59 Å². The second kappa shape index (κ2) is 6.83. The highest BCUT2D eigenvalue weighted by Gasteiger charge is 2.67. The van der Waals surface area contributed by atoms with E-state index in [0.717, 1.165) is 24.0 Å². The maximum absolute atomic E-state index is 12.2.